The first kappa shape index (κ1) is 14.7. The van der Waals surface area contributed by atoms with Crippen LogP contribution in [0.3, 0.4) is 0 Å². The van der Waals surface area contributed by atoms with Gasteiger partial charge in [0.15, 0.2) is 0 Å². The largest absolute Gasteiger partial charge is 0.399 e. The molecule has 18 heavy (non-hydrogen) atoms. The molecule has 0 aromatic heterocycles. The van der Waals surface area contributed by atoms with Gasteiger partial charge in [-0.25, -0.2) is 13.1 Å². The summed E-state index contributed by atoms with van der Waals surface area (Å²) < 4.78 is 26.1. The molecular weight excluding hydrogens is 278 g/mol. The van der Waals surface area contributed by atoms with Crippen LogP contribution in [0.2, 0.25) is 5.02 Å². The standard InChI is InChI=1S/C10H14ClN3O3S/c1-7(15)13-4-5-14-18(16,17)10-6-8(12)2-3-9(10)11/h2-3,6,14H,4-5,12H2,1H3,(H,13,15). The predicted octanol–water partition coefficient (Wildman–Crippen LogP) is 0.337. The van der Waals surface area contributed by atoms with Gasteiger partial charge in [-0.3, -0.25) is 4.79 Å². The Balaban J connectivity index is 2.74. The molecule has 0 saturated heterocycles. The number of carbonyl (C=O) groups excluding carboxylic acids is 1. The molecular formula is C10H14ClN3O3S. The monoisotopic (exact) mass is 291 g/mol. The van der Waals surface area contributed by atoms with Gasteiger partial charge >= 0.3 is 0 Å². The summed E-state index contributed by atoms with van der Waals surface area (Å²) in [6.07, 6.45) is 0. The zero-order valence-electron chi connectivity index (χ0n) is 9.73. The van der Waals surface area contributed by atoms with Crippen LogP contribution >= 0.6 is 11.6 Å². The second-order valence-corrected chi connectivity index (χ2v) is 5.71. The summed E-state index contributed by atoms with van der Waals surface area (Å²) in [4.78, 5) is 10.5. The first-order valence-electron chi connectivity index (χ1n) is 5.12. The van der Waals surface area contributed by atoms with E-state index in [-0.39, 0.29) is 28.9 Å². The summed E-state index contributed by atoms with van der Waals surface area (Å²) in [5.74, 6) is -0.226. The van der Waals surface area contributed by atoms with Gasteiger partial charge in [-0.2, -0.15) is 0 Å². The predicted molar refractivity (Wildman–Crippen MR) is 69.7 cm³/mol. The highest BCUT2D eigenvalue weighted by molar-refractivity contribution is 7.89. The second kappa shape index (κ2) is 6.03. The van der Waals surface area contributed by atoms with Gasteiger partial charge < -0.3 is 11.1 Å². The summed E-state index contributed by atoms with van der Waals surface area (Å²) in [5.41, 5.74) is 5.82. The van der Waals surface area contributed by atoms with Crippen molar-refractivity contribution >= 4 is 33.2 Å². The van der Waals surface area contributed by atoms with Crippen molar-refractivity contribution in [2.45, 2.75) is 11.8 Å². The molecule has 0 atom stereocenters. The molecule has 0 spiro atoms. The van der Waals surface area contributed by atoms with Crippen LogP contribution in [0.1, 0.15) is 6.92 Å². The molecule has 0 fully saturated rings. The fraction of sp³-hybridized carbons (Fsp3) is 0.300. The molecule has 6 nitrogen and oxygen atoms in total. The average Bonchev–Trinajstić information content (AvgIpc) is 2.27. The Bertz CT molecular complexity index is 545. The number of rotatable bonds is 5. The molecule has 1 aromatic carbocycles. The van der Waals surface area contributed by atoms with E-state index in [1.54, 1.807) is 0 Å². The number of amides is 1. The van der Waals surface area contributed by atoms with Crippen LogP contribution in [-0.4, -0.2) is 27.4 Å². The molecule has 0 radical (unpaired) electrons. The highest BCUT2D eigenvalue weighted by Crippen LogP contribution is 2.23. The third-order valence-corrected chi connectivity index (χ3v) is 3.98. The molecule has 0 bridgehead atoms. The third kappa shape index (κ3) is 4.17. The van der Waals surface area contributed by atoms with E-state index in [1.807, 2.05) is 0 Å². The van der Waals surface area contributed by atoms with Crippen molar-refractivity contribution in [2.24, 2.45) is 0 Å². The Hall–Kier alpha value is -1.31. The van der Waals surface area contributed by atoms with E-state index in [4.69, 9.17) is 17.3 Å². The summed E-state index contributed by atoms with van der Waals surface area (Å²) in [7, 11) is -3.72. The fourth-order valence-electron chi connectivity index (χ4n) is 1.23. The molecule has 8 heteroatoms. The minimum absolute atomic E-state index is 0.0764. The van der Waals surface area contributed by atoms with Crippen molar-refractivity contribution in [1.29, 1.82) is 0 Å². The van der Waals surface area contributed by atoms with Gasteiger partial charge in [0.1, 0.15) is 4.90 Å². The van der Waals surface area contributed by atoms with Crippen LogP contribution < -0.4 is 15.8 Å². The lowest BCUT2D eigenvalue weighted by molar-refractivity contribution is -0.118. The van der Waals surface area contributed by atoms with Gasteiger partial charge in [-0.05, 0) is 18.2 Å². The van der Waals surface area contributed by atoms with Crippen LogP contribution in [0.25, 0.3) is 0 Å². The summed E-state index contributed by atoms with van der Waals surface area (Å²) >= 11 is 5.80. The molecule has 1 aromatic rings. The minimum atomic E-state index is -3.72. The number of nitrogens with two attached hydrogens (primary N) is 1. The van der Waals surface area contributed by atoms with Crippen molar-refractivity contribution in [3.8, 4) is 0 Å². The summed E-state index contributed by atoms with van der Waals surface area (Å²) in [6.45, 7) is 1.63. The lowest BCUT2D eigenvalue weighted by Crippen LogP contribution is -2.33. The molecule has 0 heterocycles. The zero-order valence-corrected chi connectivity index (χ0v) is 11.3. The van der Waals surface area contributed by atoms with Crippen molar-refractivity contribution in [3.05, 3.63) is 23.2 Å². The number of anilines is 1. The molecule has 0 saturated carbocycles. The molecule has 0 aliphatic heterocycles. The van der Waals surface area contributed by atoms with E-state index in [0.717, 1.165) is 0 Å². The Morgan fingerprint density at radius 2 is 2.06 bits per heavy atom. The number of halogens is 1. The minimum Gasteiger partial charge on any atom is -0.399 e. The van der Waals surface area contributed by atoms with Crippen LogP contribution in [0, 0.1) is 0 Å². The van der Waals surface area contributed by atoms with E-state index in [1.165, 1.54) is 25.1 Å². The Kier molecular flexibility index (Phi) is 4.94. The Labute approximate surface area is 111 Å². The summed E-state index contributed by atoms with van der Waals surface area (Å²) in [5, 5.41) is 2.57. The smallest absolute Gasteiger partial charge is 0.242 e. The number of carbonyl (C=O) groups is 1. The lowest BCUT2D eigenvalue weighted by atomic mass is 10.3. The number of hydrogen-bond donors (Lipinski definition) is 3. The SMILES string of the molecule is CC(=O)NCCNS(=O)(=O)c1cc(N)ccc1Cl. The van der Waals surface area contributed by atoms with Gasteiger partial charge in [-0.15, -0.1) is 0 Å². The van der Waals surface area contributed by atoms with Crippen molar-refractivity contribution < 1.29 is 13.2 Å². The van der Waals surface area contributed by atoms with Gasteiger partial charge in [0.05, 0.1) is 5.02 Å². The van der Waals surface area contributed by atoms with Crippen molar-refractivity contribution in [2.75, 3.05) is 18.8 Å². The molecule has 0 aliphatic carbocycles. The quantitative estimate of drug-likeness (QED) is 0.538. The lowest BCUT2D eigenvalue weighted by Gasteiger charge is -2.09. The molecule has 4 N–H and O–H groups in total. The van der Waals surface area contributed by atoms with Gasteiger partial charge in [0.25, 0.3) is 0 Å². The van der Waals surface area contributed by atoms with E-state index in [0.29, 0.717) is 5.69 Å². The van der Waals surface area contributed by atoms with Crippen molar-refractivity contribution in [3.63, 3.8) is 0 Å². The molecule has 0 unspecified atom stereocenters. The third-order valence-electron chi connectivity index (χ3n) is 2.04. The van der Waals surface area contributed by atoms with Gasteiger partial charge in [0.2, 0.25) is 15.9 Å². The van der Waals surface area contributed by atoms with E-state index in [9.17, 15) is 13.2 Å². The number of benzene rings is 1. The van der Waals surface area contributed by atoms with Crippen LogP contribution in [0.4, 0.5) is 5.69 Å². The van der Waals surface area contributed by atoms with Gasteiger partial charge in [-0.1, -0.05) is 11.6 Å². The number of nitrogens with one attached hydrogen (secondary N) is 2. The molecule has 1 amide bonds. The number of sulfonamides is 1. The van der Waals surface area contributed by atoms with Crippen LogP contribution in [0.5, 0.6) is 0 Å². The first-order chi connectivity index (χ1) is 8.33. The van der Waals surface area contributed by atoms with Crippen LogP contribution in [-0.2, 0) is 14.8 Å². The van der Waals surface area contributed by atoms with Gasteiger partial charge in [0, 0.05) is 25.7 Å². The second-order valence-electron chi connectivity index (χ2n) is 3.57. The van der Waals surface area contributed by atoms with E-state index >= 15 is 0 Å². The fourth-order valence-corrected chi connectivity index (χ4v) is 2.79. The van der Waals surface area contributed by atoms with Crippen LogP contribution in [0.15, 0.2) is 23.1 Å². The maximum atomic E-state index is 11.9. The highest BCUT2D eigenvalue weighted by Gasteiger charge is 2.17. The molecule has 1 rings (SSSR count). The Morgan fingerprint density at radius 3 is 2.67 bits per heavy atom. The topological polar surface area (TPSA) is 101 Å². The normalized spacial score (nSPS) is 11.2. The maximum absolute atomic E-state index is 11.9. The maximum Gasteiger partial charge on any atom is 0.242 e. The number of hydrogen-bond acceptors (Lipinski definition) is 4. The van der Waals surface area contributed by atoms with E-state index < -0.39 is 10.0 Å². The summed E-state index contributed by atoms with van der Waals surface area (Å²) in [6, 6.07) is 4.21. The molecule has 0 aliphatic rings. The Morgan fingerprint density at radius 1 is 1.39 bits per heavy atom. The zero-order chi connectivity index (χ0) is 13.8. The highest BCUT2D eigenvalue weighted by atomic mass is 35.5. The van der Waals surface area contributed by atoms with E-state index in [2.05, 4.69) is 10.0 Å². The average molecular weight is 292 g/mol. The molecule has 100 valence electrons. The number of nitrogen functional groups attached to an aromatic ring is 1. The van der Waals surface area contributed by atoms with Crippen molar-refractivity contribution in [1.82, 2.24) is 10.0 Å². The first-order valence-corrected chi connectivity index (χ1v) is 6.98.